The fraction of sp³-hybridized carbons (Fsp3) is 0.364. The van der Waals surface area contributed by atoms with Gasteiger partial charge in [0.25, 0.3) is 0 Å². The van der Waals surface area contributed by atoms with E-state index in [1.54, 1.807) is 6.07 Å². The van der Waals surface area contributed by atoms with Gasteiger partial charge in [0.1, 0.15) is 4.99 Å². The minimum absolute atomic E-state index is 0.114. The number of halogens is 1. The maximum absolute atomic E-state index is 8.93. The number of anilines is 1. The monoisotopic (exact) mass is 258 g/mol. The molecule has 0 aromatic heterocycles. The number of likely N-dealkylation sites (N-methyl/N-ethyl adjacent to an activating group) is 1. The van der Waals surface area contributed by atoms with Gasteiger partial charge in [0, 0.05) is 24.3 Å². The molecule has 0 saturated heterocycles. The maximum atomic E-state index is 8.93. The van der Waals surface area contributed by atoms with Gasteiger partial charge in [-0.1, -0.05) is 23.8 Å². The van der Waals surface area contributed by atoms with E-state index in [1.807, 2.05) is 24.0 Å². The van der Waals surface area contributed by atoms with Crippen molar-refractivity contribution < 1.29 is 5.11 Å². The lowest BCUT2D eigenvalue weighted by atomic mass is 10.2. The lowest BCUT2D eigenvalue weighted by Gasteiger charge is -2.22. The van der Waals surface area contributed by atoms with Crippen LogP contribution in [-0.2, 0) is 0 Å². The van der Waals surface area contributed by atoms with Crippen molar-refractivity contribution in [3.8, 4) is 0 Å². The van der Waals surface area contributed by atoms with E-state index in [0.29, 0.717) is 22.1 Å². The van der Waals surface area contributed by atoms with Crippen LogP contribution in [0.25, 0.3) is 0 Å². The van der Waals surface area contributed by atoms with Gasteiger partial charge in [-0.3, -0.25) is 0 Å². The number of aliphatic hydroxyl groups is 1. The molecule has 1 rings (SSSR count). The third-order valence-corrected chi connectivity index (χ3v) is 2.87. The summed E-state index contributed by atoms with van der Waals surface area (Å²) in [6, 6.07) is 5.52. The van der Waals surface area contributed by atoms with Crippen LogP contribution in [0, 0.1) is 0 Å². The van der Waals surface area contributed by atoms with E-state index in [9.17, 15) is 0 Å². The van der Waals surface area contributed by atoms with Crippen molar-refractivity contribution in [2.75, 3.05) is 24.6 Å². The molecule has 0 amide bonds. The highest BCUT2D eigenvalue weighted by Gasteiger charge is 2.08. The Morgan fingerprint density at radius 1 is 1.56 bits per heavy atom. The van der Waals surface area contributed by atoms with Gasteiger partial charge in [-0.05, 0) is 25.1 Å². The molecule has 0 aliphatic carbocycles. The Balaban J connectivity index is 2.99. The van der Waals surface area contributed by atoms with E-state index in [0.717, 1.165) is 12.2 Å². The molecule has 0 fully saturated rings. The second kappa shape index (κ2) is 6.03. The number of nitrogens with two attached hydrogens (primary N) is 1. The normalized spacial score (nSPS) is 10.2. The van der Waals surface area contributed by atoms with Crippen molar-refractivity contribution in [2.45, 2.75) is 6.92 Å². The van der Waals surface area contributed by atoms with Gasteiger partial charge in [-0.2, -0.15) is 0 Å². The Hall–Kier alpha value is -0.840. The van der Waals surface area contributed by atoms with Gasteiger partial charge >= 0.3 is 0 Å². The Morgan fingerprint density at radius 3 is 2.69 bits per heavy atom. The van der Waals surface area contributed by atoms with Crippen LogP contribution in [0.2, 0.25) is 5.02 Å². The van der Waals surface area contributed by atoms with E-state index in [-0.39, 0.29) is 6.61 Å². The Kier molecular flexibility index (Phi) is 4.99. The first-order valence-electron chi connectivity index (χ1n) is 5.05. The van der Waals surface area contributed by atoms with Crippen molar-refractivity contribution in [2.24, 2.45) is 5.73 Å². The van der Waals surface area contributed by atoms with Crippen LogP contribution in [0.5, 0.6) is 0 Å². The zero-order valence-electron chi connectivity index (χ0n) is 9.11. The van der Waals surface area contributed by atoms with Gasteiger partial charge in [0.15, 0.2) is 0 Å². The van der Waals surface area contributed by atoms with Crippen molar-refractivity contribution in [3.05, 3.63) is 28.8 Å². The quantitative estimate of drug-likeness (QED) is 0.791. The molecular weight excluding hydrogens is 244 g/mol. The number of hydrogen-bond acceptors (Lipinski definition) is 3. The van der Waals surface area contributed by atoms with E-state index in [2.05, 4.69) is 0 Å². The number of aliphatic hydroxyl groups excluding tert-OH is 1. The number of benzene rings is 1. The van der Waals surface area contributed by atoms with Crippen molar-refractivity contribution in [1.29, 1.82) is 0 Å². The molecule has 0 aliphatic heterocycles. The number of nitrogens with zero attached hydrogens (tertiary/aromatic N) is 1. The topological polar surface area (TPSA) is 49.5 Å². The molecule has 16 heavy (non-hydrogen) atoms. The van der Waals surface area contributed by atoms with Gasteiger partial charge in [0.05, 0.1) is 11.6 Å². The summed E-state index contributed by atoms with van der Waals surface area (Å²) in [6.07, 6.45) is 0. The number of hydrogen-bond donors (Lipinski definition) is 2. The fourth-order valence-corrected chi connectivity index (χ4v) is 2.00. The van der Waals surface area contributed by atoms with E-state index in [1.165, 1.54) is 0 Å². The number of thiocarbonyl (C=S) groups is 1. The molecular formula is C11H15ClN2OS. The van der Waals surface area contributed by atoms with Gasteiger partial charge < -0.3 is 15.7 Å². The predicted octanol–water partition coefficient (Wildman–Crippen LogP) is 1.79. The van der Waals surface area contributed by atoms with Crippen molar-refractivity contribution >= 4 is 34.5 Å². The van der Waals surface area contributed by atoms with Gasteiger partial charge in [-0.25, -0.2) is 0 Å². The number of rotatable bonds is 5. The highest BCUT2D eigenvalue weighted by atomic mass is 35.5. The van der Waals surface area contributed by atoms with E-state index < -0.39 is 0 Å². The van der Waals surface area contributed by atoms with E-state index in [4.69, 9.17) is 34.7 Å². The zero-order chi connectivity index (χ0) is 12.1. The molecule has 88 valence electrons. The predicted molar refractivity (Wildman–Crippen MR) is 72.3 cm³/mol. The minimum Gasteiger partial charge on any atom is -0.395 e. The van der Waals surface area contributed by atoms with E-state index >= 15 is 0 Å². The highest BCUT2D eigenvalue weighted by Crippen LogP contribution is 2.23. The van der Waals surface area contributed by atoms with Gasteiger partial charge in [-0.15, -0.1) is 0 Å². The fourth-order valence-electron chi connectivity index (χ4n) is 1.49. The third-order valence-electron chi connectivity index (χ3n) is 2.33. The van der Waals surface area contributed by atoms with Crippen LogP contribution >= 0.6 is 23.8 Å². The first kappa shape index (κ1) is 13.2. The standard InChI is InChI=1S/C11H15ClN2OS/c1-2-14(5-6-15)8-3-4-9(11(13)16)10(12)7-8/h3-4,7,15H,2,5-6H2,1H3,(H2,13,16). The molecule has 0 unspecified atom stereocenters. The minimum atomic E-state index is 0.114. The zero-order valence-corrected chi connectivity index (χ0v) is 10.7. The summed E-state index contributed by atoms with van der Waals surface area (Å²) in [5.74, 6) is 0. The lowest BCUT2D eigenvalue weighted by Crippen LogP contribution is -2.26. The first-order chi connectivity index (χ1) is 7.60. The lowest BCUT2D eigenvalue weighted by molar-refractivity contribution is 0.302. The van der Waals surface area contributed by atoms with Crippen LogP contribution in [-0.4, -0.2) is 29.8 Å². The molecule has 0 bridgehead atoms. The van der Waals surface area contributed by atoms with Crippen LogP contribution in [0.4, 0.5) is 5.69 Å². The summed E-state index contributed by atoms with van der Waals surface area (Å²) in [5, 5.41) is 9.47. The smallest absolute Gasteiger partial charge is 0.105 e. The van der Waals surface area contributed by atoms with Crippen LogP contribution in [0.15, 0.2) is 18.2 Å². The second-order valence-electron chi connectivity index (χ2n) is 3.33. The van der Waals surface area contributed by atoms with Crippen LogP contribution in [0.1, 0.15) is 12.5 Å². The molecule has 0 saturated carbocycles. The summed E-state index contributed by atoms with van der Waals surface area (Å²) in [5.41, 5.74) is 7.17. The first-order valence-corrected chi connectivity index (χ1v) is 5.84. The molecule has 0 atom stereocenters. The molecule has 1 aromatic carbocycles. The maximum Gasteiger partial charge on any atom is 0.105 e. The summed E-state index contributed by atoms with van der Waals surface area (Å²) in [7, 11) is 0. The van der Waals surface area contributed by atoms with Crippen molar-refractivity contribution in [1.82, 2.24) is 0 Å². The van der Waals surface area contributed by atoms with Crippen LogP contribution < -0.4 is 10.6 Å². The third kappa shape index (κ3) is 3.07. The molecule has 5 heteroatoms. The summed E-state index contributed by atoms with van der Waals surface area (Å²) < 4.78 is 0. The summed E-state index contributed by atoms with van der Waals surface area (Å²) in [6.45, 7) is 3.52. The Morgan fingerprint density at radius 2 is 2.25 bits per heavy atom. The molecule has 0 aliphatic rings. The molecule has 3 nitrogen and oxygen atoms in total. The highest BCUT2D eigenvalue weighted by molar-refractivity contribution is 7.80. The largest absolute Gasteiger partial charge is 0.395 e. The SMILES string of the molecule is CCN(CCO)c1ccc(C(N)=S)c(Cl)c1. The van der Waals surface area contributed by atoms with Gasteiger partial charge in [0.2, 0.25) is 0 Å². The summed E-state index contributed by atoms with van der Waals surface area (Å²) >= 11 is 10.9. The van der Waals surface area contributed by atoms with Crippen molar-refractivity contribution in [3.63, 3.8) is 0 Å². The second-order valence-corrected chi connectivity index (χ2v) is 4.18. The average molecular weight is 259 g/mol. The average Bonchev–Trinajstić information content (AvgIpc) is 2.25. The molecule has 0 radical (unpaired) electrons. The molecule has 0 spiro atoms. The molecule has 1 aromatic rings. The Labute approximate surface area is 106 Å². The van der Waals surface area contributed by atoms with Crippen LogP contribution in [0.3, 0.4) is 0 Å². The molecule has 0 heterocycles. The molecule has 3 N–H and O–H groups in total. The summed E-state index contributed by atoms with van der Waals surface area (Å²) in [4.78, 5) is 2.32. The Bertz CT molecular complexity index is 384.